The molecule has 2 heterocycles. The van der Waals surface area contributed by atoms with Crippen molar-refractivity contribution in [3.05, 3.63) is 114 Å². The number of rotatable bonds is 4. The molecule has 0 saturated carbocycles. The van der Waals surface area contributed by atoms with Gasteiger partial charge in [0.15, 0.2) is 5.78 Å². The van der Waals surface area contributed by atoms with Crippen molar-refractivity contribution in [2.75, 3.05) is 0 Å². The van der Waals surface area contributed by atoms with Crippen LogP contribution in [0.1, 0.15) is 33.3 Å². The Kier molecular flexibility index (Phi) is 4.29. The molecule has 2 aromatic heterocycles. The quantitative estimate of drug-likeness (QED) is 0.344. The van der Waals surface area contributed by atoms with Crippen molar-refractivity contribution in [1.29, 1.82) is 0 Å². The molecule has 0 saturated heterocycles. The number of hydrogen-bond donors (Lipinski definition) is 0. The first-order valence-electron chi connectivity index (χ1n) is 9.88. The summed E-state index contributed by atoms with van der Waals surface area (Å²) < 4.78 is 1.89. The number of carbonyl (C=O) groups is 2. The van der Waals surface area contributed by atoms with E-state index in [1.807, 2.05) is 102 Å². The summed E-state index contributed by atoms with van der Waals surface area (Å²) in [6, 6.07) is 28.8. The number of Topliss-reactive ketones (excluding diaryl/α,β-unsaturated/α-hetero) is 1. The minimum atomic E-state index is -0.104. The van der Waals surface area contributed by atoms with E-state index in [-0.39, 0.29) is 11.6 Å². The first kappa shape index (κ1) is 18.1. The highest BCUT2D eigenvalue weighted by atomic mass is 16.1. The highest BCUT2D eigenvalue weighted by Crippen LogP contribution is 2.38. The van der Waals surface area contributed by atoms with Crippen LogP contribution in [0.15, 0.2) is 97.2 Å². The molecular formula is C27H19NO2. The van der Waals surface area contributed by atoms with Gasteiger partial charge in [-0.2, -0.15) is 0 Å². The van der Waals surface area contributed by atoms with Crippen molar-refractivity contribution < 1.29 is 9.59 Å². The summed E-state index contributed by atoms with van der Waals surface area (Å²) in [5, 5.41) is 1.98. The molecule has 3 aromatic carbocycles. The van der Waals surface area contributed by atoms with Crippen LogP contribution in [0.3, 0.4) is 0 Å². The molecule has 0 spiro atoms. The highest BCUT2D eigenvalue weighted by molar-refractivity contribution is 6.21. The van der Waals surface area contributed by atoms with Crippen LogP contribution in [0.2, 0.25) is 0 Å². The summed E-state index contributed by atoms with van der Waals surface area (Å²) in [6.45, 7) is 1.57. The predicted molar refractivity (Wildman–Crippen MR) is 120 cm³/mol. The van der Waals surface area contributed by atoms with Crippen LogP contribution < -0.4 is 0 Å². The molecule has 3 heteroatoms. The van der Waals surface area contributed by atoms with Crippen molar-refractivity contribution in [3.63, 3.8) is 0 Å². The van der Waals surface area contributed by atoms with Gasteiger partial charge in [-0.1, -0.05) is 84.9 Å². The van der Waals surface area contributed by atoms with Gasteiger partial charge in [0, 0.05) is 22.7 Å². The number of ketones is 2. The van der Waals surface area contributed by atoms with Gasteiger partial charge in [-0.25, -0.2) is 0 Å². The van der Waals surface area contributed by atoms with Crippen molar-refractivity contribution in [1.82, 2.24) is 4.40 Å². The molecule has 144 valence electrons. The molecule has 0 N–H and O–H groups in total. The molecule has 0 fully saturated rings. The molecule has 5 aromatic rings. The van der Waals surface area contributed by atoms with Gasteiger partial charge in [0.05, 0.1) is 11.1 Å². The lowest BCUT2D eigenvalue weighted by atomic mass is 9.94. The van der Waals surface area contributed by atoms with Crippen LogP contribution in [-0.2, 0) is 0 Å². The van der Waals surface area contributed by atoms with Gasteiger partial charge in [0.2, 0.25) is 5.78 Å². The van der Waals surface area contributed by atoms with Crippen molar-refractivity contribution in [3.8, 4) is 11.1 Å². The zero-order valence-corrected chi connectivity index (χ0v) is 16.5. The summed E-state index contributed by atoms with van der Waals surface area (Å²) in [5.74, 6) is -0.165. The molecule has 0 bridgehead atoms. The largest absolute Gasteiger partial charge is 0.312 e. The third kappa shape index (κ3) is 2.75. The van der Waals surface area contributed by atoms with E-state index in [2.05, 4.69) is 0 Å². The van der Waals surface area contributed by atoms with Gasteiger partial charge in [-0.05, 0) is 23.9 Å². The van der Waals surface area contributed by atoms with Crippen LogP contribution in [0.4, 0.5) is 0 Å². The van der Waals surface area contributed by atoms with E-state index in [0.29, 0.717) is 22.4 Å². The van der Waals surface area contributed by atoms with Gasteiger partial charge in [-0.15, -0.1) is 0 Å². The fourth-order valence-electron chi connectivity index (χ4n) is 4.19. The normalized spacial score (nSPS) is 11.1. The second-order valence-corrected chi connectivity index (χ2v) is 7.34. The van der Waals surface area contributed by atoms with Gasteiger partial charge >= 0.3 is 0 Å². The molecule has 0 unspecified atom stereocenters. The van der Waals surface area contributed by atoms with Gasteiger partial charge < -0.3 is 4.40 Å². The lowest BCUT2D eigenvalue weighted by Crippen LogP contribution is -2.07. The van der Waals surface area contributed by atoms with E-state index < -0.39 is 0 Å². The molecule has 0 aliphatic rings. The lowest BCUT2D eigenvalue weighted by Gasteiger charge is -2.08. The Labute approximate surface area is 174 Å². The van der Waals surface area contributed by atoms with Crippen LogP contribution in [0.25, 0.3) is 27.4 Å². The van der Waals surface area contributed by atoms with E-state index in [4.69, 9.17) is 0 Å². The SMILES string of the molecule is CC(=O)c1c(-c2ccccc2)c(C(=O)c2ccccc2)n2ccc3ccccc3c12. The Morgan fingerprint density at radius 1 is 0.733 bits per heavy atom. The van der Waals surface area contributed by atoms with Crippen molar-refractivity contribution >= 4 is 27.9 Å². The fourth-order valence-corrected chi connectivity index (χ4v) is 4.19. The zero-order valence-electron chi connectivity index (χ0n) is 16.5. The molecule has 30 heavy (non-hydrogen) atoms. The number of aromatic nitrogens is 1. The third-order valence-corrected chi connectivity index (χ3v) is 5.49. The molecule has 0 radical (unpaired) electrons. The molecule has 0 atom stereocenters. The molecule has 0 aliphatic carbocycles. The summed E-state index contributed by atoms with van der Waals surface area (Å²) in [6.07, 6.45) is 1.90. The summed E-state index contributed by atoms with van der Waals surface area (Å²) in [5.41, 5.74) is 4.01. The van der Waals surface area contributed by atoms with E-state index in [9.17, 15) is 9.59 Å². The molecule has 5 rings (SSSR count). The lowest BCUT2D eigenvalue weighted by molar-refractivity contribution is 0.101. The maximum Gasteiger partial charge on any atom is 0.210 e. The first-order chi connectivity index (χ1) is 14.7. The van der Waals surface area contributed by atoms with Gasteiger partial charge in [-0.3, -0.25) is 9.59 Å². The van der Waals surface area contributed by atoms with Crippen molar-refractivity contribution in [2.24, 2.45) is 0 Å². The second kappa shape index (κ2) is 7.12. The van der Waals surface area contributed by atoms with E-state index in [1.165, 1.54) is 0 Å². The highest BCUT2D eigenvalue weighted by Gasteiger charge is 2.28. The fraction of sp³-hybridized carbons (Fsp3) is 0.0370. The number of pyridine rings is 1. The van der Waals surface area contributed by atoms with Crippen molar-refractivity contribution in [2.45, 2.75) is 6.92 Å². The van der Waals surface area contributed by atoms with E-state index >= 15 is 0 Å². The Balaban J connectivity index is 1.98. The maximum absolute atomic E-state index is 13.7. The Morgan fingerprint density at radius 2 is 1.37 bits per heavy atom. The number of benzene rings is 3. The smallest absolute Gasteiger partial charge is 0.210 e. The predicted octanol–water partition coefficient (Wildman–Crippen LogP) is 6.19. The number of nitrogens with zero attached hydrogens (tertiary/aromatic N) is 1. The standard InChI is InChI=1S/C27H19NO2/c1-18(29)23-24(20-11-4-2-5-12-20)26(27(30)21-13-6-3-7-14-21)28-17-16-19-10-8-9-15-22(19)25(23)28/h2-17H,1H3. The molecule has 0 aliphatic heterocycles. The molecule has 0 amide bonds. The minimum absolute atomic E-state index is 0.0604. The van der Waals surface area contributed by atoms with Crippen LogP contribution in [0.5, 0.6) is 0 Å². The number of carbonyl (C=O) groups excluding carboxylic acids is 2. The summed E-state index contributed by atoms with van der Waals surface area (Å²) in [4.78, 5) is 26.6. The minimum Gasteiger partial charge on any atom is -0.312 e. The number of fused-ring (bicyclic) bond motifs is 3. The van der Waals surface area contributed by atoms with Crippen LogP contribution in [-0.4, -0.2) is 16.0 Å². The monoisotopic (exact) mass is 389 g/mol. The topological polar surface area (TPSA) is 38.5 Å². The Hall–Kier alpha value is -3.98. The van der Waals surface area contributed by atoms with Crippen LogP contribution in [0, 0.1) is 0 Å². The third-order valence-electron chi connectivity index (χ3n) is 5.49. The summed E-state index contributed by atoms with van der Waals surface area (Å²) >= 11 is 0. The summed E-state index contributed by atoms with van der Waals surface area (Å²) in [7, 11) is 0. The van der Waals surface area contributed by atoms with Gasteiger partial charge in [0.1, 0.15) is 5.69 Å². The molecular weight excluding hydrogens is 370 g/mol. The van der Waals surface area contributed by atoms with E-state index in [0.717, 1.165) is 21.9 Å². The second-order valence-electron chi connectivity index (χ2n) is 7.34. The zero-order chi connectivity index (χ0) is 20.7. The van der Waals surface area contributed by atoms with E-state index in [1.54, 1.807) is 6.92 Å². The number of hydrogen-bond acceptors (Lipinski definition) is 2. The van der Waals surface area contributed by atoms with Gasteiger partial charge in [0.25, 0.3) is 0 Å². The Morgan fingerprint density at radius 3 is 2.07 bits per heavy atom. The maximum atomic E-state index is 13.7. The molecule has 3 nitrogen and oxygen atoms in total. The van der Waals surface area contributed by atoms with Crippen LogP contribution >= 0.6 is 0 Å². The Bertz CT molecular complexity index is 1410. The average molecular weight is 389 g/mol. The average Bonchev–Trinajstić information content (AvgIpc) is 3.16. The first-order valence-corrected chi connectivity index (χ1v) is 9.88.